The standard InChI is InChI=1S/C21H30F2N6O/c1-4-24-21(25-11-6-9-18-27-20(14(2)3)28-30-18)26-15-10-12-29(13-15)19-16(22)7-5-8-17(19)23/h5,7-8,14-15H,4,6,9-13H2,1-3H3,(H2,24,25,26). The van der Waals surface area contributed by atoms with Crippen molar-refractivity contribution in [3.05, 3.63) is 41.5 Å². The molecular weight excluding hydrogens is 390 g/mol. The minimum Gasteiger partial charge on any atom is -0.365 e. The molecule has 0 aliphatic carbocycles. The van der Waals surface area contributed by atoms with Gasteiger partial charge < -0.3 is 20.1 Å². The largest absolute Gasteiger partial charge is 0.365 e. The molecule has 0 spiro atoms. The Morgan fingerprint density at radius 1 is 1.33 bits per heavy atom. The number of guanidine groups is 1. The molecule has 164 valence electrons. The second kappa shape index (κ2) is 10.4. The predicted octanol–water partition coefficient (Wildman–Crippen LogP) is 3.24. The molecule has 1 atom stereocenters. The van der Waals surface area contributed by atoms with E-state index >= 15 is 0 Å². The van der Waals surface area contributed by atoms with Gasteiger partial charge in [-0.05, 0) is 31.9 Å². The lowest BCUT2D eigenvalue weighted by atomic mass is 10.2. The van der Waals surface area contributed by atoms with Gasteiger partial charge in [-0.25, -0.2) is 8.78 Å². The molecule has 1 saturated heterocycles. The lowest BCUT2D eigenvalue weighted by Gasteiger charge is -2.21. The van der Waals surface area contributed by atoms with E-state index in [4.69, 9.17) is 4.52 Å². The summed E-state index contributed by atoms with van der Waals surface area (Å²) in [4.78, 5) is 10.7. The van der Waals surface area contributed by atoms with Crippen LogP contribution in [0.25, 0.3) is 0 Å². The summed E-state index contributed by atoms with van der Waals surface area (Å²) in [6, 6.07) is 4.02. The van der Waals surface area contributed by atoms with E-state index in [9.17, 15) is 8.78 Å². The van der Waals surface area contributed by atoms with Gasteiger partial charge in [0.1, 0.15) is 17.3 Å². The van der Waals surface area contributed by atoms with Crippen LogP contribution in [-0.4, -0.2) is 48.3 Å². The Kier molecular flexibility index (Phi) is 7.59. The lowest BCUT2D eigenvalue weighted by Crippen LogP contribution is -2.44. The van der Waals surface area contributed by atoms with Gasteiger partial charge in [-0.15, -0.1) is 0 Å². The normalized spacial score (nSPS) is 17.1. The number of hydrogen-bond acceptors (Lipinski definition) is 5. The molecule has 3 rings (SSSR count). The quantitative estimate of drug-likeness (QED) is 0.388. The minimum atomic E-state index is -0.530. The molecule has 2 heterocycles. The van der Waals surface area contributed by atoms with Crippen molar-refractivity contribution in [1.82, 2.24) is 20.8 Å². The van der Waals surface area contributed by atoms with Crippen molar-refractivity contribution in [3.8, 4) is 0 Å². The molecule has 0 amide bonds. The van der Waals surface area contributed by atoms with Crippen LogP contribution in [0.4, 0.5) is 14.5 Å². The van der Waals surface area contributed by atoms with Crippen molar-refractivity contribution in [1.29, 1.82) is 0 Å². The van der Waals surface area contributed by atoms with E-state index < -0.39 is 11.6 Å². The van der Waals surface area contributed by atoms with Crippen LogP contribution in [0.1, 0.15) is 51.2 Å². The van der Waals surface area contributed by atoms with Crippen molar-refractivity contribution in [2.45, 2.75) is 52.0 Å². The molecule has 0 bridgehead atoms. The Hall–Kier alpha value is -2.71. The summed E-state index contributed by atoms with van der Waals surface area (Å²) in [6.45, 7) is 8.49. The predicted molar refractivity (Wildman–Crippen MR) is 113 cm³/mol. The molecule has 1 aromatic carbocycles. The fraction of sp³-hybridized carbons (Fsp3) is 0.571. The Bertz CT molecular complexity index is 834. The van der Waals surface area contributed by atoms with E-state index in [2.05, 4.69) is 25.8 Å². The Balaban J connectivity index is 1.51. The third kappa shape index (κ3) is 5.67. The van der Waals surface area contributed by atoms with Gasteiger partial charge in [0.2, 0.25) is 5.89 Å². The van der Waals surface area contributed by atoms with Crippen LogP contribution in [0.5, 0.6) is 0 Å². The summed E-state index contributed by atoms with van der Waals surface area (Å²) in [5.74, 6) is 1.24. The molecule has 1 unspecified atom stereocenters. The number of nitrogens with zero attached hydrogens (tertiary/aromatic N) is 4. The first-order chi connectivity index (χ1) is 14.5. The molecule has 1 fully saturated rings. The van der Waals surface area contributed by atoms with E-state index in [0.717, 1.165) is 25.2 Å². The molecular formula is C21H30F2N6O. The topological polar surface area (TPSA) is 78.6 Å². The summed E-state index contributed by atoms with van der Waals surface area (Å²) < 4.78 is 33.4. The van der Waals surface area contributed by atoms with Gasteiger partial charge in [-0.1, -0.05) is 25.1 Å². The Morgan fingerprint density at radius 3 is 2.77 bits per heavy atom. The van der Waals surface area contributed by atoms with Crippen LogP contribution in [0.15, 0.2) is 27.7 Å². The molecule has 1 aromatic heterocycles. The molecule has 30 heavy (non-hydrogen) atoms. The minimum absolute atomic E-state index is 0.0454. The number of nitrogens with one attached hydrogen (secondary N) is 2. The highest BCUT2D eigenvalue weighted by molar-refractivity contribution is 5.80. The van der Waals surface area contributed by atoms with Crippen LogP contribution in [0, 0.1) is 11.6 Å². The zero-order chi connectivity index (χ0) is 21.5. The maximum Gasteiger partial charge on any atom is 0.226 e. The number of aromatic nitrogens is 2. The maximum absolute atomic E-state index is 14.0. The van der Waals surface area contributed by atoms with Gasteiger partial charge in [-0.2, -0.15) is 4.98 Å². The van der Waals surface area contributed by atoms with E-state index in [1.54, 1.807) is 4.90 Å². The highest BCUT2D eigenvalue weighted by Gasteiger charge is 2.27. The van der Waals surface area contributed by atoms with Crippen LogP contribution in [0.3, 0.4) is 0 Å². The molecule has 9 heteroatoms. The van der Waals surface area contributed by atoms with Crippen molar-refractivity contribution in [2.75, 3.05) is 31.1 Å². The first-order valence-corrected chi connectivity index (χ1v) is 10.5. The second-order valence-electron chi connectivity index (χ2n) is 7.71. The van der Waals surface area contributed by atoms with Crippen molar-refractivity contribution >= 4 is 11.6 Å². The highest BCUT2D eigenvalue weighted by Crippen LogP contribution is 2.26. The van der Waals surface area contributed by atoms with Crippen molar-refractivity contribution in [2.24, 2.45) is 4.99 Å². The van der Waals surface area contributed by atoms with Gasteiger partial charge in [0.15, 0.2) is 11.8 Å². The fourth-order valence-electron chi connectivity index (χ4n) is 3.41. The zero-order valence-corrected chi connectivity index (χ0v) is 17.8. The monoisotopic (exact) mass is 420 g/mol. The molecule has 0 radical (unpaired) electrons. The number of anilines is 1. The molecule has 1 aliphatic rings. The second-order valence-corrected chi connectivity index (χ2v) is 7.71. The van der Waals surface area contributed by atoms with Crippen molar-refractivity contribution < 1.29 is 13.3 Å². The number of aryl methyl sites for hydroxylation is 1. The third-order valence-electron chi connectivity index (χ3n) is 4.95. The van der Waals surface area contributed by atoms with Gasteiger partial charge in [0.05, 0.1) is 0 Å². The van der Waals surface area contributed by atoms with Crippen LogP contribution < -0.4 is 15.5 Å². The number of para-hydroxylation sites is 1. The van der Waals surface area contributed by atoms with Crippen LogP contribution >= 0.6 is 0 Å². The summed E-state index contributed by atoms with van der Waals surface area (Å²) in [5, 5.41) is 10.6. The molecule has 0 saturated carbocycles. The van der Waals surface area contributed by atoms with Gasteiger partial charge in [0, 0.05) is 44.6 Å². The average molecular weight is 421 g/mol. The summed E-state index contributed by atoms with van der Waals surface area (Å²) in [7, 11) is 0. The summed E-state index contributed by atoms with van der Waals surface area (Å²) in [6.07, 6.45) is 2.23. The maximum atomic E-state index is 14.0. The molecule has 7 nitrogen and oxygen atoms in total. The smallest absolute Gasteiger partial charge is 0.226 e. The number of benzene rings is 1. The SMILES string of the molecule is CCNC(=NCCCc1nc(C(C)C)no1)NC1CCN(c2c(F)cccc2F)C1. The summed E-state index contributed by atoms with van der Waals surface area (Å²) in [5.41, 5.74) is 0.0454. The molecule has 2 aromatic rings. The van der Waals surface area contributed by atoms with Crippen molar-refractivity contribution in [3.63, 3.8) is 0 Å². The average Bonchev–Trinajstić information content (AvgIpc) is 3.35. The van der Waals surface area contributed by atoms with Crippen LogP contribution in [0.2, 0.25) is 0 Å². The Morgan fingerprint density at radius 2 is 2.10 bits per heavy atom. The van der Waals surface area contributed by atoms with Gasteiger partial charge in [-0.3, -0.25) is 4.99 Å². The fourth-order valence-corrected chi connectivity index (χ4v) is 3.41. The van der Waals surface area contributed by atoms with E-state index in [-0.39, 0.29) is 17.6 Å². The van der Waals surface area contributed by atoms with E-state index in [1.165, 1.54) is 18.2 Å². The first-order valence-electron chi connectivity index (χ1n) is 10.5. The highest BCUT2D eigenvalue weighted by atomic mass is 19.1. The first kappa shape index (κ1) is 22.0. The van der Waals surface area contributed by atoms with E-state index in [1.807, 2.05) is 20.8 Å². The molecule has 2 N–H and O–H groups in total. The van der Waals surface area contributed by atoms with E-state index in [0.29, 0.717) is 37.9 Å². The zero-order valence-electron chi connectivity index (χ0n) is 17.8. The molecule has 1 aliphatic heterocycles. The number of aliphatic imine (C=N–C) groups is 1. The number of rotatable bonds is 8. The summed E-state index contributed by atoms with van der Waals surface area (Å²) >= 11 is 0. The van der Waals surface area contributed by atoms with Crippen LogP contribution in [-0.2, 0) is 6.42 Å². The third-order valence-corrected chi connectivity index (χ3v) is 4.95. The Labute approximate surface area is 175 Å². The number of hydrogen-bond donors (Lipinski definition) is 2. The lowest BCUT2D eigenvalue weighted by molar-refractivity contribution is 0.369. The van der Waals surface area contributed by atoms with Gasteiger partial charge in [0.25, 0.3) is 0 Å². The number of halogens is 2. The van der Waals surface area contributed by atoms with Gasteiger partial charge >= 0.3 is 0 Å².